The molecule has 5 N–H and O–H groups in total. The minimum atomic E-state index is 0.605. The number of pyridine rings is 1. The summed E-state index contributed by atoms with van der Waals surface area (Å²) >= 11 is 0. The third-order valence-corrected chi connectivity index (χ3v) is 13.4. The highest BCUT2D eigenvalue weighted by molar-refractivity contribution is 5.82. The molecule has 6 heteroatoms. The van der Waals surface area contributed by atoms with E-state index < -0.39 is 0 Å². The smallest absolute Gasteiger partial charge is 0.0701 e. The molecule has 0 amide bonds. The van der Waals surface area contributed by atoms with Crippen LogP contribution in [0.25, 0.3) is 32.4 Å². The summed E-state index contributed by atoms with van der Waals surface area (Å²) in [5.74, 6) is 3.87. The molecule has 0 radical (unpaired) electrons. The Morgan fingerprint density at radius 1 is 0.383 bits per heavy atom. The Morgan fingerprint density at radius 3 is 1.14 bits per heavy atom. The average molecular weight is 1100 g/mol. The first-order valence-electron chi connectivity index (χ1n) is 31.1. The molecule has 10 rings (SSSR count). The predicted molar refractivity (Wildman–Crippen MR) is 360 cm³/mol. The molecule has 1 unspecified atom stereocenters. The summed E-state index contributed by atoms with van der Waals surface area (Å²) in [5.41, 5.74) is 7.19. The SMILES string of the molecule is CC(C)CNC1CCc2ccccc21.CC(C)CNC1Cc2ccccc2C1.CCCNCC(C)C.CCCNCC(C)C.CCNCC(C)C.c1ccc2ccccc2c1.c1ccc2ccccc2c1.c1ccc2ncccc2c1. The average Bonchev–Trinajstić information content (AvgIpc) is 4.11. The van der Waals surface area contributed by atoms with E-state index in [9.17, 15) is 0 Å². The second kappa shape index (κ2) is 43.0. The first-order valence-corrected chi connectivity index (χ1v) is 31.1. The summed E-state index contributed by atoms with van der Waals surface area (Å²) in [5, 5.41) is 23.6. The Hall–Kier alpha value is -5.73. The van der Waals surface area contributed by atoms with Crippen LogP contribution in [0.2, 0.25) is 0 Å². The van der Waals surface area contributed by atoms with Gasteiger partial charge < -0.3 is 26.6 Å². The van der Waals surface area contributed by atoms with Crippen LogP contribution in [0.4, 0.5) is 0 Å². The van der Waals surface area contributed by atoms with Crippen molar-refractivity contribution in [1.29, 1.82) is 0 Å². The summed E-state index contributed by atoms with van der Waals surface area (Å²) in [7, 11) is 0. The highest BCUT2D eigenvalue weighted by Gasteiger charge is 2.21. The topological polar surface area (TPSA) is 73.0 Å². The summed E-state index contributed by atoms with van der Waals surface area (Å²) in [6, 6.07) is 64.4. The van der Waals surface area contributed by atoms with E-state index in [0.717, 1.165) is 87.5 Å². The zero-order valence-corrected chi connectivity index (χ0v) is 52.8. The van der Waals surface area contributed by atoms with Crippen LogP contribution in [0.3, 0.4) is 0 Å². The summed E-state index contributed by atoms with van der Waals surface area (Å²) in [6.45, 7) is 38.0. The molecule has 0 bridgehead atoms. The van der Waals surface area contributed by atoms with Crippen LogP contribution in [-0.2, 0) is 19.3 Å². The lowest BCUT2D eigenvalue weighted by Gasteiger charge is -2.15. The van der Waals surface area contributed by atoms with Gasteiger partial charge >= 0.3 is 0 Å². The van der Waals surface area contributed by atoms with Crippen LogP contribution >= 0.6 is 0 Å². The van der Waals surface area contributed by atoms with Crippen molar-refractivity contribution >= 4 is 32.4 Å². The van der Waals surface area contributed by atoms with Crippen molar-refractivity contribution in [3.8, 4) is 0 Å². The maximum Gasteiger partial charge on any atom is 0.0701 e. The van der Waals surface area contributed by atoms with Gasteiger partial charge in [0, 0.05) is 23.7 Å². The van der Waals surface area contributed by atoms with E-state index in [-0.39, 0.29) is 0 Å². The van der Waals surface area contributed by atoms with Crippen molar-refractivity contribution in [2.75, 3.05) is 52.4 Å². The van der Waals surface area contributed by atoms with E-state index in [1.165, 1.54) is 87.7 Å². The fourth-order valence-corrected chi connectivity index (χ4v) is 9.10. The number of fused-ring (bicyclic) bond motifs is 5. The lowest BCUT2D eigenvalue weighted by molar-refractivity contribution is 0.472. The van der Waals surface area contributed by atoms with Gasteiger partial charge in [0.25, 0.3) is 0 Å². The molecule has 8 aromatic rings. The monoisotopic (exact) mass is 1090 g/mol. The first kappa shape index (κ1) is 69.5. The van der Waals surface area contributed by atoms with Crippen molar-refractivity contribution in [3.05, 3.63) is 210 Å². The Bertz CT molecular complexity index is 2370. The zero-order chi connectivity index (χ0) is 58.9. The molecule has 2 aliphatic rings. The molecule has 2 aliphatic carbocycles. The molecule has 0 spiro atoms. The van der Waals surface area contributed by atoms with Crippen molar-refractivity contribution < 1.29 is 0 Å². The number of aromatic nitrogens is 1. The van der Waals surface area contributed by atoms with Gasteiger partial charge in [0.2, 0.25) is 0 Å². The van der Waals surface area contributed by atoms with Gasteiger partial charge in [0.1, 0.15) is 0 Å². The molecule has 0 aliphatic heterocycles. The quantitative estimate of drug-likeness (QED) is 0.0585. The Labute approximate surface area is 494 Å². The summed E-state index contributed by atoms with van der Waals surface area (Å²) in [6.07, 6.45) is 9.23. The van der Waals surface area contributed by atoms with E-state index in [2.05, 4.69) is 279 Å². The molecule has 1 atom stereocenters. The molecule has 1 heterocycles. The number of aryl methyl sites for hydroxylation is 1. The molecule has 0 fully saturated rings. The van der Waals surface area contributed by atoms with E-state index in [0.29, 0.717) is 12.1 Å². The lowest BCUT2D eigenvalue weighted by atomic mass is 10.1. The van der Waals surface area contributed by atoms with Crippen LogP contribution in [0.5, 0.6) is 0 Å². The third kappa shape index (κ3) is 31.3. The Balaban J connectivity index is 0.000000246. The number of benzene rings is 7. The van der Waals surface area contributed by atoms with Gasteiger partial charge in [0.05, 0.1) is 5.52 Å². The standard InChI is InChI=1S/2C13H19N.2C10H8.C9H7N.2C7H17N.C6H15N/c1-10(2)9-14-13-7-11-5-3-4-6-12(11)8-13;1-10(2)9-14-13-8-7-11-5-3-4-6-12(11)13;2*1-2-6-10-8-4-3-7-9(10)5-1;1-2-6-9-8(4-1)5-3-7-10-9;2*1-4-5-8-6-7(2)3;1-4-7-5-6(2)3/h2*3-6,10,13-14H,7-9H2,1-2H3;2*1-8H;1-7H;2*7-8H,4-6H2,1-3H3;6-7H,4-5H2,1-3H3. The molecule has 0 saturated heterocycles. The largest absolute Gasteiger partial charge is 0.317 e. The summed E-state index contributed by atoms with van der Waals surface area (Å²) < 4.78 is 0. The molecule has 7 aromatic carbocycles. The van der Waals surface area contributed by atoms with Gasteiger partial charge in [-0.1, -0.05) is 260 Å². The highest BCUT2D eigenvalue weighted by atomic mass is 14.9. The minimum Gasteiger partial charge on any atom is -0.317 e. The van der Waals surface area contributed by atoms with Gasteiger partial charge in [-0.15, -0.1) is 0 Å². The first-order chi connectivity index (χ1) is 39.2. The number of hydrogen-bond donors (Lipinski definition) is 5. The van der Waals surface area contributed by atoms with Gasteiger partial charge in [0.15, 0.2) is 0 Å². The second-order valence-corrected chi connectivity index (χ2v) is 23.6. The van der Waals surface area contributed by atoms with Crippen LogP contribution in [-0.4, -0.2) is 63.4 Å². The van der Waals surface area contributed by atoms with Gasteiger partial charge in [-0.05, 0) is 176 Å². The number of nitrogens with zero attached hydrogens (tertiary/aromatic N) is 1. The predicted octanol–water partition coefficient (Wildman–Crippen LogP) is 17.8. The lowest BCUT2D eigenvalue weighted by Crippen LogP contribution is -2.32. The van der Waals surface area contributed by atoms with Crippen molar-refractivity contribution in [3.63, 3.8) is 0 Å². The zero-order valence-electron chi connectivity index (χ0n) is 52.8. The number of rotatable bonds is 17. The number of para-hydroxylation sites is 1. The second-order valence-electron chi connectivity index (χ2n) is 23.6. The Morgan fingerprint density at radius 2 is 0.741 bits per heavy atom. The van der Waals surface area contributed by atoms with Crippen LogP contribution < -0.4 is 26.6 Å². The maximum absolute atomic E-state index is 4.18. The molecule has 81 heavy (non-hydrogen) atoms. The fraction of sp³-hybridized carbons (Fsp3) is 0.453. The van der Waals surface area contributed by atoms with Crippen molar-refractivity contribution in [1.82, 2.24) is 31.6 Å². The van der Waals surface area contributed by atoms with E-state index in [1.54, 1.807) is 0 Å². The van der Waals surface area contributed by atoms with Crippen LogP contribution in [0.1, 0.15) is 138 Å². The van der Waals surface area contributed by atoms with Crippen molar-refractivity contribution in [2.24, 2.45) is 29.6 Å². The van der Waals surface area contributed by atoms with Crippen molar-refractivity contribution in [2.45, 2.75) is 141 Å². The van der Waals surface area contributed by atoms with E-state index >= 15 is 0 Å². The fourth-order valence-electron chi connectivity index (χ4n) is 9.10. The Kier molecular flexibility index (Phi) is 36.9. The van der Waals surface area contributed by atoms with E-state index in [1.807, 2.05) is 30.5 Å². The van der Waals surface area contributed by atoms with E-state index in [4.69, 9.17) is 0 Å². The molecular formula is C75H110N6. The highest BCUT2D eigenvalue weighted by Crippen LogP contribution is 2.30. The molecule has 0 saturated carbocycles. The molecule has 6 nitrogen and oxygen atoms in total. The van der Waals surface area contributed by atoms with Crippen LogP contribution in [0.15, 0.2) is 188 Å². The number of hydrogen-bond acceptors (Lipinski definition) is 6. The minimum absolute atomic E-state index is 0.605. The molecule has 440 valence electrons. The third-order valence-electron chi connectivity index (χ3n) is 13.4. The maximum atomic E-state index is 4.18. The van der Waals surface area contributed by atoms with Gasteiger partial charge in [-0.2, -0.15) is 0 Å². The van der Waals surface area contributed by atoms with Gasteiger partial charge in [-0.3, -0.25) is 4.98 Å². The molecular weight excluding hydrogens is 985 g/mol. The summed E-state index contributed by atoms with van der Waals surface area (Å²) in [4.78, 5) is 4.18. The molecule has 1 aromatic heterocycles. The number of nitrogens with one attached hydrogen (secondary N) is 5. The van der Waals surface area contributed by atoms with Gasteiger partial charge in [-0.25, -0.2) is 0 Å². The normalized spacial score (nSPS) is 12.9. The van der Waals surface area contributed by atoms with Crippen LogP contribution in [0, 0.1) is 29.6 Å².